The predicted octanol–water partition coefficient (Wildman–Crippen LogP) is 3.87. The highest BCUT2D eigenvalue weighted by atomic mass is 32.2. The Morgan fingerprint density at radius 1 is 1.00 bits per heavy atom. The van der Waals surface area contributed by atoms with Crippen LogP contribution in [-0.2, 0) is 14.6 Å². The third-order valence-corrected chi connectivity index (χ3v) is 5.83. The molecule has 0 bridgehead atoms. The van der Waals surface area contributed by atoms with Crippen LogP contribution in [0.4, 0.5) is 17.1 Å². The summed E-state index contributed by atoms with van der Waals surface area (Å²) < 4.78 is 22.9. The molecule has 1 heterocycles. The monoisotopic (exact) mass is 357 g/mol. The Bertz CT molecular complexity index is 862. The number of sulfone groups is 1. The Kier molecular flexibility index (Phi) is 5.23. The van der Waals surface area contributed by atoms with Crippen molar-refractivity contribution in [3.8, 4) is 0 Å². The van der Waals surface area contributed by atoms with Gasteiger partial charge in [-0.25, -0.2) is 8.42 Å². The molecule has 25 heavy (non-hydrogen) atoms. The van der Waals surface area contributed by atoms with Crippen LogP contribution < -0.4 is 5.32 Å². The van der Waals surface area contributed by atoms with Gasteiger partial charge in [0.25, 0.3) is 0 Å². The minimum atomic E-state index is -2.95. The molecule has 0 aromatic heterocycles. The third kappa shape index (κ3) is 5.22. The first-order chi connectivity index (χ1) is 12.0. The molecule has 2 aromatic carbocycles. The molecular weight excluding hydrogens is 338 g/mol. The van der Waals surface area contributed by atoms with Crippen molar-refractivity contribution in [1.29, 1.82) is 0 Å². The maximum Gasteiger partial charge on any atom is 0.224 e. The van der Waals surface area contributed by atoms with Crippen molar-refractivity contribution in [3.63, 3.8) is 0 Å². The Morgan fingerprint density at radius 2 is 1.64 bits per heavy atom. The van der Waals surface area contributed by atoms with Crippen molar-refractivity contribution in [1.82, 2.24) is 0 Å². The van der Waals surface area contributed by atoms with Gasteiger partial charge in [-0.15, -0.1) is 0 Å². The summed E-state index contributed by atoms with van der Waals surface area (Å²) in [5, 5.41) is 11.1. The second-order valence-electron chi connectivity index (χ2n) is 6.10. The maximum absolute atomic E-state index is 12.0. The van der Waals surface area contributed by atoms with Crippen LogP contribution in [0.5, 0.6) is 0 Å². The zero-order valence-corrected chi connectivity index (χ0v) is 14.4. The molecule has 0 aliphatic carbocycles. The van der Waals surface area contributed by atoms with E-state index < -0.39 is 9.84 Å². The lowest BCUT2D eigenvalue weighted by Gasteiger charge is -2.08. The lowest BCUT2D eigenvalue weighted by Crippen LogP contribution is -2.17. The number of hydrogen-bond acceptors (Lipinski definition) is 5. The van der Waals surface area contributed by atoms with Crippen LogP contribution in [0, 0.1) is 5.92 Å². The molecule has 3 rings (SSSR count). The van der Waals surface area contributed by atoms with Gasteiger partial charge >= 0.3 is 0 Å². The molecule has 1 saturated heterocycles. The number of hydrogen-bond donors (Lipinski definition) is 1. The summed E-state index contributed by atoms with van der Waals surface area (Å²) >= 11 is 0. The summed E-state index contributed by atoms with van der Waals surface area (Å²) in [6.45, 7) is 0. The molecule has 2 aromatic rings. The molecule has 130 valence electrons. The largest absolute Gasteiger partial charge is 0.326 e. The van der Waals surface area contributed by atoms with Crippen LogP contribution in [0.1, 0.15) is 12.8 Å². The van der Waals surface area contributed by atoms with Gasteiger partial charge in [0.1, 0.15) is 0 Å². The van der Waals surface area contributed by atoms with Gasteiger partial charge in [-0.3, -0.25) is 4.79 Å². The van der Waals surface area contributed by atoms with Crippen molar-refractivity contribution in [2.24, 2.45) is 16.1 Å². The maximum atomic E-state index is 12.0. The van der Waals surface area contributed by atoms with E-state index in [2.05, 4.69) is 15.5 Å². The van der Waals surface area contributed by atoms with Crippen molar-refractivity contribution < 1.29 is 13.2 Å². The van der Waals surface area contributed by atoms with Crippen LogP contribution in [0.2, 0.25) is 0 Å². The fourth-order valence-electron chi connectivity index (χ4n) is 2.73. The zero-order valence-electron chi connectivity index (χ0n) is 13.6. The number of nitrogens with one attached hydrogen (secondary N) is 1. The minimum Gasteiger partial charge on any atom is -0.326 e. The second-order valence-corrected chi connectivity index (χ2v) is 8.33. The van der Waals surface area contributed by atoms with E-state index in [4.69, 9.17) is 0 Å². The minimum absolute atomic E-state index is 0.0797. The van der Waals surface area contributed by atoms with Crippen LogP contribution >= 0.6 is 0 Å². The van der Waals surface area contributed by atoms with Gasteiger partial charge in [0.05, 0.1) is 22.9 Å². The first-order valence-corrected chi connectivity index (χ1v) is 9.89. The molecule has 1 fully saturated rings. The molecule has 1 amide bonds. The Hall–Kier alpha value is -2.54. The number of carbonyl (C=O) groups is 1. The van der Waals surface area contributed by atoms with Gasteiger partial charge in [-0.2, -0.15) is 10.2 Å². The quantitative estimate of drug-likeness (QED) is 0.824. The first-order valence-electron chi connectivity index (χ1n) is 8.07. The lowest BCUT2D eigenvalue weighted by atomic mass is 10.1. The third-order valence-electron chi connectivity index (χ3n) is 3.99. The highest BCUT2D eigenvalue weighted by Gasteiger charge is 2.29. The summed E-state index contributed by atoms with van der Waals surface area (Å²) in [5.41, 5.74) is 2.11. The Balaban J connectivity index is 1.54. The summed E-state index contributed by atoms with van der Waals surface area (Å²) in [7, 11) is -2.95. The molecule has 1 atom stereocenters. The highest BCUT2D eigenvalue weighted by Crippen LogP contribution is 2.23. The van der Waals surface area contributed by atoms with Crippen molar-refractivity contribution in [2.45, 2.75) is 12.8 Å². The second kappa shape index (κ2) is 7.57. The molecule has 1 N–H and O–H groups in total. The van der Waals surface area contributed by atoms with Gasteiger partial charge in [-0.05, 0) is 48.7 Å². The van der Waals surface area contributed by atoms with E-state index in [1.54, 1.807) is 24.3 Å². The van der Waals surface area contributed by atoms with E-state index >= 15 is 0 Å². The number of azo groups is 1. The van der Waals surface area contributed by atoms with Crippen LogP contribution in [0.25, 0.3) is 0 Å². The molecule has 0 radical (unpaired) electrons. The fraction of sp³-hybridized carbons (Fsp3) is 0.278. The van der Waals surface area contributed by atoms with E-state index in [9.17, 15) is 13.2 Å². The average Bonchev–Trinajstić information content (AvgIpc) is 2.93. The zero-order chi connectivity index (χ0) is 17.7. The Labute approximate surface area is 146 Å². The number of carbonyl (C=O) groups excluding carboxylic acids is 1. The van der Waals surface area contributed by atoms with Crippen LogP contribution in [-0.4, -0.2) is 25.8 Å². The normalized spacial score (nSPS) is 19.1. The van der Waals surface area contributed by atoms with E-state index in [-0.39, 0.29) is 29.8 Å². The van der Waals surface area contributed by atoms with Crippen molar-refractivity contribution in [2.75, 3.05) is 16.8 Å². The molecule has 0 spiro atoms. The highest BCUT2D eigenvalue weighted by molar-refractivity contribution is 7.91. The Morgan fingerprint density at radius 3 is 2.24 bits per heavy atom. The first kappa shape index (κ1) is 17.3. The number of amides is 1. The summed E-state index contributed by atoms with van der Waals surface area (Å²) in [5.74, 6) is 0.0513. The van der Waals surface area contributed by atoms with Gasteiger partial charge in [0, 0.05) is 12.1 Å². The summed E-state index contributed by atoms with van der Waals surface area (Å²) in [4.78, 5) is 12.0. The van der Waals surface area contributed by atoms with E-state index in [1.165, 1.54) is 0 Å². The standard InChI is InChI=1S/C18H19N3O3S/c22-18(12-14-10-11-25(23,24)13-14)19-15-6-8-17(9-7-15)21-20-16-4-2-1-3-5-16/h1-9,14H,10-13H2,(H,19,22). The summed E-state index contributed by atoms with van der Waals surface area (Å²) in [6.07, 6.45) is 0.795. The van der Waals surface area contributed by atoms with Crippen molar-refractivity contribution >= 4 is 32.8 Å². The molecular formula is C18H19N3O3S. The van der Waals surface area contributed by atoms with E-state index in [1.807, 2.05) is 30.3 Å². The molecule has 1 unspecified atom stereocenters. The topological polar surface area (TPSA) is 88.0 Å². The van der Waals surface area contributed by atoms with Gasteiger partial charge in [-0.1, -0.05) is 18.2 Å². The number of rotatable bonds is 5. The molecule has 6 nitrogen and oxygen atoms in total. The lowest BCUT2D eigenvalue weighted by molar-refractivity contribution is -0.116. The van der Waals surface area contributed by atoms with Gasteiger partial charge < -0.3 is 5.32 Å². The van der Waals surface area contributed by atoms with E-state index in [0.717, 1.165) is 5.69 Å². The predicted molar refractivity (Wildman–Crippen MR) is 97.1 cm³/mol. The van der Waals surface area contributed by atoms with E-state index in [0.29, 0.717) is 17.8 Å². The fourth-order valence-corrected chi connectivity index (χ4v) is 4.59. The molecule has 1 aliphatic rings. The smallest absolute Gasteiger partial charge is 0.224 e. The number of anilines is 1. The molecule has 1 aliphatic heterocycles. The van der Waals surface area contributed by atoms with Crippen LogP contribution in [0.3, 0.4) is 0 Å². The van der Waals surface area contributed by atoms with Gasteiger partial charge in [0.2, 0.25) is 5.91 Å². The van der Waals surface area contributed by atoms with Gasteiger partial charge in [0.15, 0.2) is 9.84 Å². The summed E-state index contributed by atoms with van der Waals surface area (Å²) in [6, 6.07) is 16.5. The molecule has 0 saturated carbocycles. The molecule has 7 heteroatoms. The van der Waals surface area contributed by atoms with Crippen molar-refractivity contribution in [3.05, 3.63) is 54.6 Å². The average molecular weight is 357 g/mol. The van der Waals surface area contributed by atoms with Crippen LogP contribution in [0.15, 0.2) is 64.8 Å². The number of nitrogens with zero attached hydrogens (tertiary/aromatic N) is 2. The SMILES string of the molecule is O=C(CC1CCS(=O)(=O)C1)Nc1ccc(N=Nc2ccccc2)cc1. The number of benzene rings is 2.